The first-order chi connectivity index (χ1) is 10.7. The Balaban J connectivity index is 2.26. The van der Waals surface area contributed by atoms with Gasteiger partial charge in [0.05, 0.1) is 13.4 Å². The number of hydrogen-bond acceptors (Lipinski definition) is 4. The third-order valence-electron chi connectivity index (χ3n) is 3.32. The van der Waals surface area contributed by atoms with Gasteiger partial charge in [-0.05, 0) is 29.7 Å². The summed E-state index contributed by atoms with van der Waals surface area (Å²) in [7, 11) is 1.28. The van der Waals surface area contributed by atoms with Crippen LogP contribution in [0.4, 0.5) is 0 Å². The fourth-order valence-electron chi connectivity index (χ4n) is 2.12. The lowest BCUT2D eigenvalue weighted by atomic mass is 10.0. The molecule has 0 atom stereocenters. The van der Waals surface area contributed by atoms with Crippen molar-refractivity contribution in [2.75, 3.05) is 7.11 Å². The molecule has 1 N–H and O–H groups in total. The summed E-state index contributed by atoms with van der Waals surface area (Å²) in [5.41, 5.74) is 2.51. The Morgan fingerprint density at radius 1 is 1.14 bits per heavy atom. The number of benzene rings is 2. The van der Waals surface area contributed by atoms with Crippen LogP contribution < -0.4 is 4.74 Å². The molecule has 0 aliphatic heterocycles. The maximum absolute atomic E-state index is 11.7. The SMILES string of the molecule is COC(=O)/C(=C/O)c1ccccc1COc1ccccc1C. The minimum atomic E-state index is -0.592. The average molecular weight is 298 g/mol. The van der Waals surface area contributed by atoms with E-state index < -0.39 is 5.97 Å². The van der Waals surface area contributed by atoms with Crippen molar-refractivity contribution in [2.24, 2.45) is 0 Å². The van der Waals surface area contributed by atoms with Gasteiger partial charge in [0, 0.05) is 0 Å². The van der Waals surface area contributed by atoms with Gasteiger partial charge in [-0.1, -0.05) is 42.5 Å². The van der Waals surface area contributed by atoms with Gasteiger partial charge >= 0.3 is 5.97 Å². The van der Waals surface area contributed by atoms with E-state index in [0.717, 1.165) is 23.1 Å². The fraction of sp³-hybridized carbons (Fsp3) is 0.167. The third kappa shape index (κ3) is 3.47. The molecule has 0 unspecified atom stereocenters. The number of methoxy groups -OCH3 is 1. The Hall–Kier alpha value is -2.75. The number of para-hydroxylation sites is 1. The predicted octanol–water partition coefficient (Wildman–Crippen LogP) is 3.65. The van der Waals surface area contributed by atoms with E-state index in [-0.39, 0.29) is 12.2 Å². The van der Waals surface area contributed by atoms with Crippen LogP contribution in [-0.4, -0.2) is 18.2 Å². The summed E-state index contributed by atoms with van der Waals surface area (Å²) in [6, 6.07) is 14.9. The topological polar surface area (TPSA) is 55.8 Å². The Bertz CT molecular complexity index is 689. The standard InChI is InChI=1S/C18H18O4/c1-13-7-3-6-10-17(13)22-12-14-8-4-5-9-15(14)16(11-19)18(20)21-2/h3-11,19H,12H2,1-2H3/b16-11+. The van der Waals surface area contributed by atoms with Crippen molar-refractivity contribution in [1.29, 1.82) is 0 Å². The van der Waals surface area contributed by atoms with Crippen LogP contribution in [0.15, 0.2) is 54.8 Å². The number of aryl methyl sites for hydroxylation is 1. The van der Waals surface area contributed by atoms with Crippen molar-refractivity contribution in [1.82, 2.24) is 0 Å². The molecule has 4 nitrogen and oxygen atoms in total. The van der Waals surface area contributed by atoms with Crippen LogP contribution in [0.1, 0.15) is 16.7 Å². The number of aliphatic hydroxyl groups excluding tert-OH is 1. The van der Waals surface area contributed by atoms with E-state index in [4.69, 9.17) is 4.74 Å². The zero-order valence-electron chi connectivity index (χ0n) is 12.6. The quantitative estimate of drug-likeness (QED) is 0.520. The number of esters is 1. The van der Waals surface area contributed by atoms with Crippen molar-refractivity contribution in [3.8, 4) is 5.75 Å². The molecule has 0 amide bonds. The molecule has 22 heavy (non-hydrogen) atoms. The van der Waals surface area contributed by atoms with Crippen molar-refractivity contribution < 1.29 is 19.4 Å². The molecule has 114 valence electrons. The highest BCUT2D eigenvalue weighted by molar-refractivity contribution is 6.16. The summed E-state index contributed by atoms with van der Waals surface area (Å²) in [5, 5.41) is 9.33. The van der Waals surface area contributed by atoms with Crippen LogP contribution in [0.5, 0.6) is 5.75 Å². The molecule has 4 heteroatoms. The summed E-state index contributed by atoms with van der Waals surface area (Å²) in [6.07, 6.45) is 0.762. The summed E-state index contributed by atoms with van der Waals surface area (Å²) in [5.74, 6) is 0.191. The van der Waals surface area contributed by atoms with E-state index in [1.165, 1.54) is 7.11 Å². The highest BCUT2D eigenvalue weighted by Crippen LogP contribution is 2.23. The van der Waals surface area contributed by atoms with Crippen molar-refractivity contribution in [2.45, 2.75) is 13.5 Å². The maximum Gasteiger partial charge on any atom is 0.341 e. The molecule has 0 heterocycles. The monoisotopic (exact) mass is 298 g/mol. The second kappa shape index (κ2) is 7.31. The van der Waals surface area contributed by atoms with Crippen LogP contribution in [0.3, 0.4) is 0 Å². The molecule has 0 spiro atoms. The van der Waals surface area contributed by atoms with Gasteiger partial charge in [-0.2, -0.15) is 0 Å². The largest absolute Gasteiger partial charge is 0.515 e. The first-order valence-electron chi connectivity index (χ1n) is 6.86. The van der Waals surface area contributed by atoms with Gasteiger partial charge in [0.1, 0.15) is 17.9 Å². The van der Waals surface area contributed by atoms with E-state index in [2.05, 4.69) is 4.74 Å². The fourth-order valence-corrected chi connectivity index (χ4v) is 2.12. The number of rotatable bonds is 5. The van der Waals surface area contributed by atoms with E-state index in [1.54, 1.807) is 12.1 Å². The summed E-state index contributed by atoms with van der Waals surface area (Å²) in [6.45, 7) is 2.25. The van der Waals surface area contributed by atoms with Gasteiger partial charge in [-0.15, -0.1) is 0 Å². The van der Waals surface area contributed by atoms with Gasteiger partial charge in [0.2, 0.25) is 0 Å². The second-order valence-corrected chi connectivity index (χ2v) is 4.75. The zero-order chi connectivity index (χ0) is 15.9. The van der Waals surface area contributed by atoms with Crippen LogP contribution in [0.2, 0.25) is 0 Å². The third-order valence-corrected chi connectivity index (χ3v) is 3.32. The number of ether oxygens (including phenoxy) is 2. The van der Waals surface area contributed by atoms with Crippen molar-refractivity contribution in [3.05, 3.63) is 71.5 Å². The molecular weight excluding hydrogens is 280 g/mol. The molecule has 2 aromatic carbocycles. The highest BCUT2D eigenvalue weighted by atomic mass is 16.5. The molecule has 0 radical (unpaired) electrons. The van der Waals surface area contributed by atoms with Gasteiger partial charge in [0.25, 0.3) is 0 Å². The Morgan fingerprint density at radius 2 is 1.82 bits per heavy atom. The molecule has 0 aromatic heterocycles. The van der Waals surface area contributed by atoms with E-state index >= 15 is 0 Å². The maximum atomic E-state index is 11.7. The lowest BCUT2D eigenvalue weighted by Crippen LogP contribution is -2.08. The molecule has 0 aliphatic rings. The normalized spacial score (nSPS) is 11.1. The highest BCUT2D eigenvalue weighted by Gasteiger charge is 2.16. The van der Waals surface area contributed by atoms with Crippen molar-refractivity contribution in [3.63, 3.8) is 0 Å². The molecule has 0 saturated carbocycles. The number of hydrogen-bond donors (Lipinski definition) is 1. The van der Waals surface area contributed by atoms with Gasteiger partial charge < -0.3 is 14.6 Å². The van der Waals surface area contributed by atoms with Crippen LogP contribution >= 0.6 is 0 Å². The Labute approximate surface area is 129 Å². The van der Waals surface area contributed by atoms with Crippen LogP contribution in [0, 0.1) is 6.92 Å². The summed E-state index contributed by atoms with van der Waals surface area (Å²) >= 11 is 0. The zero-order valence-corrected chi connectivity index (χ0v) is 12.6. The molecule has 0 aliphatic carbocycles. The first-order valence-corrected chi connectivity index (χ1v) is 6.86. The number of carbonyl (C=O) groups is 1. The molecule has 0 saturated heterocycles. The average Bonchev–Trinajstić information content (AvgIpc) is 2.55. The molecule has 0 fully saturated rings. The molecular formula is C18H18O4. The Kier molecular flexibility index (Phi) is 5.20. The first kappa shape index (κ1) is 15.6. The number of carbonyl (C=O) groups excluding carboxylic acids is 1. The van der Waals surface area contributed by atoms with E-state index in [0.29, 0.717) is 5.56 Å². The summed E-state index contributed by atoms with van der Waals surface area (Å²) in [4.78, 5) is 11.7. The molecule has 2 rings (SSSR count). The Morgan fingerprint density at radius 3 is 2.50 bits per heavy atom. The van der Waals surface area contributed by atoms with Gasteiger partial charge in [0.15, 0.2) is 0 Å². The molecule has 0 bridgehead atoms. The van der Waals surface area contributed by atoms with Crippen LogP contribution in [-0.2, 0) is 16.1 Å². The lowest BCUT2D eigenvalue weighted by molar-refractivity contribution is -0.133. The molecule has 2 aromatic rings. The van der Waals surface area contributed by atoms with Gasteiger partial charge in [-0.25, -0.2) is 4.79 Å². The number of aliphatic hydroxyl groups is 1. The van der Waals surface area contributed by atoms with Crippen molar-refractivity contribution >= 4 is 11.5 Å². The van der Waals surface area contributed by atoms with E-state index in [1.807, 2.05) is 43.3 Å². The van der Waals surface area contributed by atoms with E-state index in [9.17, 15) is 9.90 Å². The second-order valence-electron chi connectivity index (χ2n) is 4.75. The van der Waals surface area contributed by atoms with Gasteiger partial charge in [-0.3, -0.25) is 0 Å². The lowest BCUT2D eigenvalue weighted by Gasteiger charge is -2.13. The van der Waals surface area contributed by atoms with Crippen LogP contribution in [0.25, 0.3) is 5.57 Å². The smallest absolute Gasteiger partial charge is 0.341 e. The minimum absolute atomic E-state index is 0.103. The minimum Gasteiger partial charge on any atom is -0.515 e. The predicted molar refractivity (Wildman–Crippen MR) is 84.6 cm³/mol. The summed E-state index contributed by atoms with van der Waals surface area (Å²) < 4.78 is 10.5.